The molecule has 8 nitrogen and oxygen atoms in total. The number of fused-ring (bicyclic) bond motifs is 1. The summed E-state index contributed by atoms with van der Waals surface area (Å²) in [6.07, 6.45) is 1.77. The average Bonchev–Trinajstić information content (AvgIpc) is 3.28. The molecule has 9 heteroatoms. The standard InChI is InChI=1S/C19H27N3O5S/c1-8-14-13(9(2)23)18(25)22(14)15(19(26)27)16(8)28-12-6-11(21-7-12)5-10-3-4-20-17(10)24/h8-14,21,23H,3-7H2,1-2H3,(H,20,24)(H,26,27)/t8-,9-,10?,11-,12+,13-,14-/m1/s1. The van der Waals surface area contributed by atoms with Crippen LogP contribution in [0, 0.1) is 17.8 Å². The van der Waals surface area contributed by atoms with Gasteiger partial charge in [0.25, 0.3) is 0 Å². The average molecular weight is 410 g/mol. The number of carbonyl (C=O) groups excluding carboxylic acids is 2. The summed E-state index contributed by atoms with van der Waals surface area (Å²) >= 11 is 1.55. The van der Waals surface area contributed by atoms with E-state index in [1.54, 1.807) is 18.7 Å². The Kier molecular flexibility index (Phi) is 5.18. The molecular formula is C19H27N3O5S. The smallest absolute Gasteiger partial charge is 0.353 e. The van der Waals surface area contributed by atoms with Crippen molar-refractivity contribution < 1.29 is 24.6 Å². The molecule has 0 aliphatic carbocycles. The summed E-state index contributed by atoms with van der Waals surface area (Å²) in [5.41, 5.74) is 0.0861. The molecular weight excluding hydrogens is 382 g/mol. The zero-order valence-electron chi connectivity index (χ0n) is 16.1. The number of carbonyl (C=O) groups is 3. The normalized spacial score (nSPS) is 38.5. The molecule has 4 aliphatic heterocycles. The monoisotopic (exact) mass is 409 g/mol. The molecule has 0 radical (unpaired) electrons. The lowest BCUT2D eigenvalue weighted by Gasteiger charge is -2.46. The lowest BCUT2D eigenvalue weighted by molar-refractivity contribution is -0.163. The molecule has 2 amide bonds. The number of nitrogens with one attached hydrogen (secondary N) is 2. The van der Waals surface area contributed by atoms with Gasteiger partial charge in [-0.2, -0.15) is 0 Å². The Hall–Kier alpha value is -1.58. The van der Waals surface area contributed by atoms with Gasteiger partial charge in [0, 0.05) is 41.1 Å². The molecule has 28 heavy (non-hydrogen) atoms. The summed E-state index contributed by atoms with van der Waals surface area (Å²) in [4.78, 5) is 38.2. The third-order valence-electron chi connectivity index (χ3n) is 6.52. The second kappa shape index (κ2) is 7.35. The van der Waals surface area contributed by atoms with Crippen LogP contribution in [0.1, 0.15) is 33.1 Å². The third-order valence-corrected chi connectivity index (χ3v) is 8.03. The van der Waals surface area contributed by atoms with Crippen molar-refractivity contribution in [3.8, 4) is 0 Å². The van der Waals surface area contributed by atoms with Gasteiger partial charge in [-0.05, 0) is 26.2 Å². The predicted molar refractivity (Wildman–Crippen MR) is 103 cm³/mol. The summed E-state index contributed by atoms with van der Waals surface area (Å²) in [6.45, 7) is 5.03. The number of thioether (sulfide) groups is 1. The first-order valence-corrected chi connectivity index (χ1v) is 10.8. The maximum absolute atomic E-state index is 12.4. The maximum Gasteiger partial charge on any atom is 0.353 e. The summed E-state index contributed by atoms with van der Waals surface area (Å²) in [5, 5.41) is 26.2. The van der Waals surface area contributed by atoms with E-state index in [0.29, 0.717) is 0 Å². The van der Waals surface area contributed by atoms with E-state index >= 15 is 0 Å². The highest BCUT2D eigenvalue weighted by Crippen LogP contribution is 2.51. The molecule has 4 N–H and O–H groups in total. The number of aliphatic carboxylic acids is 1. The van der Waals surface area contributed by atoms with Gasteiger partial charge in [0.2, 0.25) is 11.8 Å². The Labute approximate surface area is 168 Å². The number of carboxylic acid groups (broad SMARTS) is 1. The number of nitrogens with zero attached hydrogens (tertiary/aromatic N) is 1. The number of aliphatic hydroxyl groups excluding tert-OH is 1. The fourth-order valence-electron chi connectivity index (χ4n) is 5.12. The lowest BCUT2D eigenvalue weighted by Crippen LogP contribution is -2.63. The highest BCUT2D eigenvalue weighted by molar-refractivity contribution is 8.03. The van der Waals surface area contributed by atoms with Crippen LogP contribution in [0.25, 0.3) is 0 Å². The minimum absolute atomic E-state index is 0.0619. The highest BCUT2D eigenvalue weighted by atomic mass is 32.2. The number of β-lactam (4-membered cyclic amide) rings is 1. The Morgan fingerprint density at radius 1 is 1.39 bits per heavy atom. The Balaban J connectivity index is 1.44. The molecule has 3 saturated heterocycles. The molecule has 0 aromatic heterocycles. The van der Waals surface area contributed by atoms with E-state index < -0.39 is 18.0 Å². The van der Waals surface area contributed by atoms with Crippen LogP contribution in [0.2, 0.25) is 0 Å². The molecule has 3 fully saturated rings. The van der Waals surface area contributed by atoms with Crippen LogP contribution in [0.5, 0.6) is 0 Å². The van der Waals surface area contributed by atoms with E-state index in [1.807, 2.05) is 6.92 Å². The molecule has 0 bridgehead atoms. The molecule has 4 heterocycles. The molecule has 7 atom stereocenters. The van der Waals surface area contributed by atoms with E-state index in [1.165, 1.54) is 4.90 Å². The molecule has 4 rings (SSSR count). The van der Waals surface area contributed by atoms with E-state index in [9.17, 15) is 24.6 Å². The van der Waals surface area contributed by atoms with Gasteiger partial charge in [-0.1, -0.05) is 6.92 Å². The molecule has 1 unspecified atom stereocenters. The summed E-state index contributed by atoms with van der Waals surface area (Å²) < 4.78 is 0. The first kappa shape index (κ1) is 19.7. The quantitative estimate of drug-likeness (QED) is 0.461. The van der Waals surface area contributed by atoms with Gasteiger partial charge in [-0.25, -0.2) is 4.79 Å². The van der Waals surface area contributed by atoms with Gasteiger partial charge < -0.3 is 25.7 Å². The van der Waals surface area contributed by atoms with Crippen LogP contribution in [0.3, 0.4) is 0 Å². The number of amides is 2. The molecule has 154 valence electrons. The topological polar surface area (TPSA) is 119 Å². The number of hydrogen-bond acceptors (Lipinski definition) is 6. The van der Waals surface area contributed by atoms with Crippen molar-refractivity contribution >= 4 is 29.5 Å². The van der Waals surface area contributed by atoms with E-state index in [2.05, 4.69) is 10.6 Å². The van der Waals surface area contributed by atoms with Crippen molar-refractivity contribution in [2.45, 2.75) is 56.5 Å². The molecule has 4 aliphatic rings. The van der Waals surface area contributed by atoms with E-state index in [4.69, 9.17) is 0 Å². The van der Waals surface area contributed by atoms with E-state index in [-0.39, 0.29) is 46.7 Å². The minimum Gasteiger partial charge on any atom is -0.477 e. The van der Waals surface area contributed by atoms with Crippen LogP contribution in [0.4, 0.5) is 0 Å². The number of rotatable bonds is 6. The predicted octanol–water partition coefficient (Wildman–Crippen LogP) is 0.130. The Bertz CT molecular complexity index is 739. The largest absolute Gasteiger partial charge is 0.477 e. The van der Waals surface area contributed by atoms with Gasteiger partial charge >= 0.3 is 5.97 Å². The molecule has 0 saturated carbocycles. The summed E-state index contributed by atoms with van der Waals surface area (Å²) in [7, 11) is 0. The van der Waals surface area contributed by atoms with Crippen molar-refractivity contribution in [1.29, 1.82) is 0 Å². The van der Waals surface area contributed by atoms with Crippen molar-refractivity contribution in [1.82, 2.24) is 15.5 Å². The Morgan fingerprint density at radius 2 is 2.14 bits per heavy atom. The Morgan fingerprint density at radius 3 is 2.75 bits per heavy atom. The highest BCUT2D eigenvalue weighted by Gasteiger charge is 2.60. The first-order valence-electron chi connectivity index (χ1n) is 9.96. The second-order valence-electron chi connectivity index (χ2n) is 8.36. The van der Waals surface area contributed by atoms with Gasteiger partial charge in [0.15, 0.2) is 0 Å². The van der Waals surface area contributed by atoms with Crippen molar-refractivity contribution in [2.24, 2.45) is 17.8 Å². The van der Waals surface area contributed by atoms with Crippen LogP contribution >= 0.6 is 11.8 Å². The van der Waals surface area contributed by atoms with Crippen LogP contribution in [-0.2, 0) is 14.4 Å². The lowest BCUT2D eigenvalue weighted by atomic mass is 9.79. The molecule has 0 aromatic carbocycles. The van der Waals surface area contributed by atoms with Crippen molar-refractivity contribution in [2.75, 3.05) is 13.1 Å². The molecule has 0 spiro atoms. The van der Waals surface area contributed by atoms with Crippen LogP contribution in [0.15, 0.2) is 10.6 Å². The fraction of sp³-hybridized carbons (Fsp3) is 0.737. The van der Waals surface area contributed by atoms with Crippen molar-refractivity contribution in [3.63, 3.8) is 0 Å². The zero-order chi connectivity index (χ0) is 20.2. The molecule has 0 aromatic rings. The fourth-order valence-corrected chi connectivity index (χ4v) is 6.64. The number of carboxylic acids is 1. The van der Waals surface area contributed by atoms with Gasteiger partial charge in [-0.15, -0.1) is 11.8 Å². The van der Waals surface area contributed by atoms with Gasteiger partial charge in [-0.3, -0.25) is 9.59 Å². The zero-order valence-corrected chi connectivity index (χ0v) is 16.9. The first-order chi connectivity index (χ1) is 13.3. The SMILES string of the molecule is C[C@@H](O)[C@H]1C(=O)N2C(C(=O)O)=C(S[C@@H]3CN[C@H](CC4CCNC4=O)C3)[C@H](C)[C@H]12. The van der Waals surface area contributed by atoms with Gasteiger partial charge in [0.1, 0.15) is 5.70 Å². The number of hydrogen-bond donors (Lipinski definition) is 4. The summed E-state index contributed by atoms with van der Waals surface area (Å²) in [6, 6.07) is -0.0192. The minimum atomic E-state index is -1.08. The van der Waals surface area contributed by atoms with Crippen LogP contribution in [-0.4, -0.2) is 69.4 Å². The second-order valence-corrected chi connectivity index (χ2v) is 9.71. The van der Waals surface area contributed by atoms with E-state index in [0.717, 1.165) is 37.3 Å². The van der Waals surface area contributed by atoms with Crippen molar-refractivity contribution in [3.05, 3.63) is 10.6 Å². The van der Waals surface area contributed by atoms with Crippen LogP contribution < -0.4 is 10.6 Å². The third kappa shape index (κ3) is 3.13. The number of aliphatic hydroxyl groups is 1. The summed E-state index contributed by atoms with van der Waals surface area (Å²) in [5.74, 6) is -1.82. The maximum atomic E-state index is 12.4. The van der Waals surface area contributed by atoms with Gasteiger partial charge in [0.05, 0.1) is 18.1 Å².